The third-order valence-electron chi connectivity index (χ3n) is 6.57. The molecule has 9 nitrogen and oxygen atoms in total. The normalized spacial score (nSPS) is 12.5. The van der Waals surface area contributed by atoms with Gasteiger partial charge in [-0.25, -0.2) is 4.79 Å². The molecule has 2 atom stereocenters. The van der Waals surface area contributed by atoms with Crippen molar-refractivity contribution in [3.63, 3.8) is 0 Å². The third-order valence-corrected chi connectivity index (χ3v) is 6.88. The summed E-state index contributed by atoms with van der Waals surface area (Å²) in [4.78, 5) is 42.6. The third kappa shape index (κ3) is 8.75. The lowest BCUT2D eigenvalue weighted by atomic mass is 9.97. The number of nitrogens with one attached hydrogen (secondary N) is 2. The molecule has 3 aromatic carbocycles. The second kappa shape index (κ2) is 14.1. The number of carbonyl (C=O) groups is 3. The number of ether oxygens (including phenoxy) is 1. The molecule has 3 amide bonds. The van der Waals surface area contributed by atoms with Gasteiger partial charge < -0.3 is 30.5 Å². The van der Waals surface area contributed by atoms with Crippen molar-refractivity contribution in [3.8, 4) is 11.5 Å². The van der Waals surface area contributed by atoms with Crippen LogP contribution in [0.5, 0.6) is 11.5 Å². The molecule has 0 heterocycles. The van der Waals surface area contributed by atoms with Crippen LogP contribution in [0.25, 0.3) is 0 Å². The van der Waals surface area contributed by atoms with Crippen LogP contribution >= 0.6 is 11.6 Å². The Morgan fingerprint density at radius 3 is 2.23 bits per heavy atom. The summed E-state index contributed by atoms with van der Waals surface area (Å²) >= 11 is 6.41. The maximum absolute atomic E-state index is 14.4. The number of phenolic OH excluding ortho intramolecular Hbond substituents is 2. The summed E-state index contributed by atoms with van der Waals surface area (Å²) in [5.74, 6) is -1.37. The van der Waals surface area contributed by atoms with Crippen LogP contribution in [0, 0.1) is 13.8 Å². The molecule has 0 fully saturated rings. The lowest BCUT2D eigenvalue weighted by molar-refractivity contribution is -0.140. The average molecular weight is 608 g/mol. The summed E-state index contributed by atoms with van der Waals surface area (Å²) < 4.78 is 5.43. The van der Waals surface area contributed by atoms with Gasteiger partial charge in [0, 0.05) is 18.5 Å². The number of carbonyl (C=O) groups excluding carboxylic acids is 3. The molecular formula is C33H38ClN3O6. The first-order chi connectivity index (χ1) is 20.2. The van der Waals surface area contributed by atoms with E-state index in [1.54, 1.807) is 83.1 Å². The van der Waals surface area contributed by atoms with Gasteiger partial charge in [0.25, 0.3) is 5.91 Å². The largest absolute Gasteiger partial charge is 0.508 e. The van der Waals surface area contributed by atoms with E-state index in [1.165, 1.54) is 23.1 Å². The molecule has 2 unspecified atom stereocenters. The van der Waals surface area contributed by atoms with Crippen molar-refractivity contribution in [1.82, 2.24) is 10.2 Å². The van der Waals surface area contributed by atoms with Gasteiger partial charge in [-0.15, -0.1) is 6.58 Å². The number of phenols is 2. The van der Waals surface area contributed by atoms with E-state index >= 15 is 0 Å². The maximum atomic E-state index is 14.4. The molecule has 0 radical (unpaired) electrons. The number of halogens is 1. The van der Waals surface area contributed by atoms with Crippen LogP contribution in [-0.2, 0) is 20.7 Å². The van der Waals surface area contributed by atoms with Crippen LogP contribution in [0.1, 0.15) is 49.1 Å². The number of amides is 3. The van der Waals surface area contributed by atoms with Crippen molar-refractivity contribution < 1.29 is 29.3 Å². The quantitative estimate of drug-likeness (QED) is 0.203. The summed E-state index contributed by atoms with van der Waals surface area (Å²) in [6.45, 7) is 12.2. The van der Waals surface area contributed by atoms with Crippen molar-refractivity contribution in [1.29, 1.82) is 0 Å². The average Bonchev–Trinajstić information content (AvgIpc) is 2.92. The Hall–Kier alpha value is -4.50. The van der Waals surface area contributed by atoms with Gasteiger partial charge >= 0.3 is 6.09 Å². The summed E-state index contributed by atoms with van der Waals surface area (Å²) in [6, 6.07) is 13.7. The topological polar surface area (TPSA) is 128 Å². The molecule has 0 aliphatic rings. The molecule has 43 heavy (non-hydrogen) atoms. The molecule has 0 bridgehead atoms. The van der Waals surface area contributed by atoms with Crippen LogP contribution < -0.4 is 10.6 Å². The maximum Gasteiger partial charge on any atom is 0.408 e. The molecule has 228 valence electrons. The van der Waals surface area contributed by atoms with E-state index in [9.17, 15) is 24.6 Å². The van der Waals surface area contributed by atoms with Crippen molar-refractivity contribution in [2.45, 2.75) is 58.7 Å². The number of alkyl carbamates (subject to hydrolysis) is 1. The number of hydrogen-bond acceptors (Lipinski definition) is 6. The fraction of sp³-hybridized carbons (Fsp3) is 0.303. The fourth-order valence-corrected chi connectivity index (χ4v) is 4.78. The second-order valence-corrected chi connectivity index (χ2v) is 11.6. The smallest absolute Gasteiger partial charge is 0.408 e. The number of benzene rings is 3. The van der Waals surface area contributed by atoms with Crippen molar-refractivity contribution in [2.75, 3.05) is 11.9 Å². The van der Waals surface area contributed by atoms with Gasteiger partial charge in [0.05, 0.1) is 10.7 Å². The predicted octanol–water partition coefficient (Wildman–Crippen LogP) is 6.20. The van der Waals surface area contributed by atoms with Crippen LogP contribution in [0.15, 0.2) is 73.3 Å². The molecule has 4 N–H and O–H groups in total. The standard InChI is InChI=1S/C33H38ClN3O6/c1-7-18-37(31(41)26(35-32(42)43-33(4,5)6)19-22-14-16-23(38)17-15-22)28(24-12-8-11-21(3)29(24)39)30(40)36-27-20(2)10-9-13-25(27)34/h7-17,26,28,38-39H,1,18-19H2,2-6H3,(H,35,42)(H,36,40). The van der Waals surface area contributed by atoms with Gasteiger partial charge in [-0.2, -0.15) is 0 Å². The minimum atomic E-state index is -1.34. The molecule has 3 rings (SSSR count). The summed E-state index contributed by atoms with van der Waals surface area (Å²) in [5.41, 5.74) is 1.55. The Kier molecular flexibility index (Phi) is 10.8. The van der Waals surface area contributed by atoms with Crippen molar-refractivity contribution in [2.24, 2.45) is 0 Å². The molecule has 3 aromatic rings. The zero-order chi connectivity index (χ0) is 31.9. The Labute approximate surface area is 257 Å². The van der Waals surface area contributed by atoms with E-state index in [0.29, 0.717) is 27.4 Å². The van der Waals surface area contributed by atoms with E-state index in [4.69, 9.17) is 16.3 Å². The van der Waals surface area contributed by atoms with Crippen LogP contribution in [0.3, 0.4) is 0 Å². The van der Waals surface area contributed by atoms with E-state index in [1.807, 2.05) is 0 Å². The van der Waals surface area contributed by atoms with E-state index in [-0.39, 0.29) is 30.0 Å². The van der Waals surface area contributed by atoms with Gasteiger partial charge in [0.1, 0.15) is 29.2 Å². The number of para-hydroxylation sites is 2. The molecule has 0 spiro atoms. The van der Waals surface area contributed by atoms with Crippen LogP contribution in [-0.4, -0.2) is 51.2 Å². The van der Waals surface area contributed by atoms with E-state index in [0.717, 1.165) is 0 Å². The SMILES string of the molecule is C=CCN(C(=O)C(Cc1ccc(O)cc1)NC(=O)OC(C)(C)C)C(C(=O)Nc1c(C)cccc1Cl)c1cccc(C)c1O. The van der Waals surface area contributed by atoms with Crippen molar-refractivity contribution >= 4 is 35.2 Å². The molecule has 0 aliphatic carbocycles. The fourth-order valence-electron chi connectivity index (χ4n) is 4.51. The van der Waals surface area contributed by atoms with Gasteiger partial charge in [0.15, 0.2) is 0 Å². The molecule has 0 saturated heterocycles. The minimum absolute atomic E-state index is 0.0176. The number of aryl methyl sites for hydroxylation is 2. The number of aromatic hydroxyl groups is 2. The zero-order valence-corrected chi connectivity index (χ0v) is 25.7. The van der Waals surface area contributed by atoms with E-state index < -0.39 is 35.6 Å². The number of nitrogens with zero attached hydrogens (tertiary/aromatic N) is 1. The number of anilines is 1. The van der Waals surface area contributed by atoms with Crippen LogP contribution in [0.4, 0.5) is 10.5 Å². The van der Waals surface area contributed by atoms with Gasteiger partial charge in [0.2, 0.25) is 5.91 Å². The number of rotatable bonds is 10. The summed E-state index contributed by atoms with van der Waals surface area (Å²) in [5, 5.41) is 26.6. The van der Waals surface area contributed by atoms with E-state index in [2.05, 4.69) is 17.2 Å². The monoisotopic (exact) mass is 607 g/mol. The Morgan fingerprint density at radius 2 is 1.63 bits per heavy atom. The molecule has 0 aliphatic heterocycles. The molecule has 10 heteroatoms. The molecule has 0 saturated carbocycles. The van der Waals surface area contributed by atoms with Gasteiger partial charge in [-0.3, -0.25) is 9.59 Å². The first-order valence-corrected chi connectivity index (χ1v) is 14.1. The zero-order valence-electron chi connectivity index (χ0n) is 25.0. The van der Waals surface area contributed by atoms with Gasteiger partial charge in [-0.1, -0.05) is 60.1 Å². The van der Waals surface area contributed by atoms with Crippen LogP contribution in [0.2, 0.25) is 5.02 Å². The second-order valence-electron chi connectivity index (χ2n) is 11.2. The summed E-state index contributed by atoms with van der Waals surface area (Å²) in [6.07, 6.45) is 0.648. The summed E-state index contributed by atoms with van der Waals surface area (Å²) in [7, 11) is 0. The Bertz CT molecular complexity index is 1460. The first kappa shape index (κ1) is 33.0. The first-order valence-electron chi connectivity index (χ1n) is 13.7. The highest BCUT2D eigenvalue weighted by atomic mass is 35.5. The van der Waals surface area contributed by atoms with Gasteiger partial charge in [-0.05, 0) is 69.5 Å². The lowest BCUT2D eigenvalue weighted by Crippen LogP contribution is -2.53. The highest BCUT2D eigenvalue weighted by Crippen LogP contribution is 2.34. The molecular weight excluding hydrogens is 570 g/mol. The highest BCUT2D eigenvalue weighted by molar-refractivity contribution is 6.34. The predicted molar refractivity (Wildman–Crippen MR) is 167 cm³/mol. The lowest BCUT2D eigenvalue weighted by Gasteiger charge is -2.34. The number of hydrogen-bond donors (Lipinski definition) is 4. The van der Waals surface area contributed by atoms with Crippen molar-refractivity contribution in [3.05, 3.63) is 101 Å². The highest BCUT2D eigenvalue weighted by Gasteiger charge is 2.37. The molecule has 0 aromatic heterocycles. The Balaban J connectivity index is 2.12. The minimum Gasteiger partial charge on any atom is -0.508 e. The Morgan fingerprint density at radius 1 is 1.00 bits per heavy atom.